The number of rotatable bonds is 13. The smallest absolute Gasteiger partial charge is 0.341 e. The van der Waals surface area contributed by atoms with E-state index in [1.54, 1.807) is 84.6 Å². The number of thiophene rings is 1. The third-order valence-corrected chi connectivity index (χ3v) is 10.1. The molecule has 4 aromatic rings. The molecule has 2 heterocycles. The minimum absolute atomic E-state index is 0.00965. The van der Waals surface area contributed by atoms with Crippen molar-refractivity contribution < 1.29 is 38.2 Å². The fourth-order valence-corrected chi connectivity index (χ4v) is 7.43. The third-order valence-electron chi connectivity index (χ3n) is 7.96. The van der Waals surface area contributed by atoms with Gasteiger partial charge in [-0.25, -0.2) is 4.79 Å². The minimum Gasteiger partial charge on any atom is -0.497 e. The van der Waals surface area contributed by atoms with Gasteiger partial charge >= 0.3 is 5.97 Å². The number of thioether (sulfide) groups is 1. The van der Waals surface area contributed by atoms with E-state index >= 15 is 0 Å². The average molecular weight is 743 g/mol. The Bertz CT molecular complexity index is 2010. The van der Waals surface area contributed by atoms with Gasteiger partial charge in [-0.2, -0.15) is 0 Å². The number of fused-ring (bicyclic) bond motifs is 1. The normalized spacial score (nSPS) is 12.3. The van der Waals surface area contributed by atoms with E-state index in [0.717, 1.165) is 10.4 Å². The molecule has 4 amide bonds. The van der Waals surface area contributed by atoms with Gasteiger partial charge < -0.3 is 35.1 Å². The monoisotopic (exact) mass is 742 g/mol. The fourth-order valence-electron chi connectivity index (χ4n) is 5.40. The third kappa shape index (κ3) is 9.38. The molecule has 0 fully saturated rings. The van der Waals surface area contributed by atoms with Crippen LogP contribution in [-0.4, -0.2) is 67.6 Å². The maximum absolute atomic E-state index is 13.7. The largest absolute Gasteiger partial charge is 0.497 e. The summed E-state index contributed by atoms with van der Waals surface area (Å²) in [5.74, 6) is -0.973. The highest BCUT2D eigenvalue weighted by Gasteiger charge is 2.30. The van der Waals surface area contributed by atoms with Gasteiger partial charge in [0.25, 0.3) is 11.8 Å². The molecule has 14 heteroatoms. The van der Waals surface area contributed by atoms with Crippen LogP contribution in [0.1, 0.15) is 50.6 Å². The molecule has 0 saturated heterocycles. The molecule has 0 atom stereocenters. The van der Waals surface area contributed by atoms with Crippen LogP contribution in [0.4, 0.5) is 10.7 Å². The van der Waals surface area contributed by atoms with E-state index in [2.05, 4.69) is 16.0 Å². The number of benzene rings is 3. The van der Waals surface area contributed by atoms with E-state index in [9.17, 15) is 24.0 Å². The van der Waals surface area contributed by atoms with Gasteiger partial charge in [0.1, 0.15) is 22.2 Å². The number of carbonyl (C=O) groups is 5. The number of amides is 4. The van der Waals surface area contributed by atoms with Crippen LogP contribution in [0.5, 0.6) is 11.5 Å². The Labute approximate surface area is 309 Å². The van der Waals surface area contributed by atoms with Crippen LogP contribution < -0.4 is 25.4 Å². The zero-order valence-corrected chi connectivity index (χ0v) is 30.7. The molecule has 1 aliphatic rings. The van der Waals surface area contributed by atoms with Crippen molar-refractivity contribution in [2.75, 3.05) is 43.8 Å². The Hall–Kier alpha value is -5.60. The molecule has 5 rings (SSSR count). The van der Waals surface area contributed by atoms with Crippen molar-refractivity contribution in [1.82, 2.24) is 10.2 Å². The Morgan fingerprint density at radius 1 is 0.942 bits per heavy atom. The van der Waals surface area contributed by atoms with E-state index in [-0.39, 0.29) is 29.9 Å². The first-order chi connectivity index (χ1) is 25.1. The standard InChI is InChI=1S/C38H38N4O8S2/c1-5-50-38(47)34-29-16-17-42(23(2)43)21-32(29)52-37(34)41-33(44)22-51-28-13-9-12-26(20-28)39-36(46)30(40-35(45)24-10-7-6-8-11-24)19-25-18-27(48-3)14-15-31(25)49-4/h6-15,18-20H,5,16-17,21-22H2,1-4H3,(H,39,46)(H,40,45)(H,41,44)/b30-19+. The highest BCUT2D eigenvalue weighted by atomic mass is 32.2. The van der Waals surface area contributed by atoms with E-state index in [0.29, 0.717) is 63.3 Å². The van der Waals surface area contributed by atoms with Crippen LogP contribution in [0.3, 0.4) is 0 Å². The van der Waals surface area contributed by atoms with Gasteiger partial charge in [0.15, 0.2) is 0 Å². The van der Waals surface area contributed by atoms with Crippen molar-refractivity contribution in [3.05, 3.63) is 106 Å². The minimum atomic E-state index is -0.592. The maximum Gasteiger partial charge on any atom is 0.341 e. The summed E-state index contributed by atoms with van der Waals surface area (Å²) in [6.07, 6.45) is 1.99. The molecule has 0 spiro atoms. The highest BCUT2D eigenvalue weighted by molar-refractivity contribution is 8.00. The summed E-state index contributed by atoms with van der Waals surface area (Å²) in [7, 11) is 3.02. The molecular weight excluding hydrogens is 705 g/mol. The number of anilines is 2. The second-order valence-electron chi connectivity index (χ2n) is 11.4. The summed E-state index contributed by atoms with van der Waals surface area (Å²) in [4.78, 5) is 68.1. The van der Waals surface area contributed by atoms with E-state index in [1.165, 1.54) is 50.3 Å². The number of esters is 1. The van der Waals surface area contributed by atoms with Crippen LogP contribution >= 0.6 is 23.1 Å². The molecule has 0 aliphatic carbocycles. The molecule has 12 nitrogen and oxygen atoms in total. The van der Waals surface area contributed by atoms with Crippen LogP contribution in [-0.2, 0) is 32.1 Å². The van der Waals surface area contributed by atoms with Crippen molar-refractivity contribution in [3.8, 4) is 11.5 Å². The van der Waals surface area contributed by atoms with Gasteiger partial charge in [-0.3, -0.25) is 19.2 Å². The van der Waals surface area contributed by atoms with Gasteiger partial charge in [0, 0.05) is 40.1 Å². The quantitative estimate of drug-likeness (QED) is 0.0853. The lowest BCUT2D eigenvalue weighted by atomic mass is 10.0. The second kappa shape index (κ2) is 17.6. The molecule has 3 N–H and O–H groups in total. The first-order valence-corrected chi connectivity index (χ1v) is 18.1. The van der Waals surface area contributed by atoms with Crippen LogP contribution in [0.15, 0.2) is 83.4 Å². The molecule has 270 valence electrons. The fraction of sp³-hybridized carbons (Fsp3) is 0.237. The number of hydrogen-bond acceptors (Lipinski definition) is 10. The van der Waals surface area contributed by atoms with Gasteiger partial charge in [-0.1, -0.05) is 24.3 Å². The van der Waals surface area contributed by atoms with Crippen LogP contribution in [0.2, 0.25) is 0 Å². The van der Waals surface area contributed by atoms with E-state index < -0.39 is 17.8 Å². The molecular formula is C38H38N4O8S2. The number of nitrogens with one attached hydrogen (secondary N) is 3. The first-order valence-electron chi connectivity index (χ1n) is 16.3. The maximum atomic E-state index is 13.7. The SMILES string of the molecule is CCOC(=O)c1c(NC(=O)CSc2cccc(NC(=O)/C(=C\c3cc(OC)ccc3OC)NC(=O)c3ccccc3)c2)sc2c1CCN(C(C)=O)C2. The predicted molar refractivity (Wildman–Crippen MR) is 201 cm³/mol. The number of nitrogens with zero attached hydrogens (tertiary/aromatic N) is 1. The Kier molecular flexibility index (Phi) is 12.7. The second-order valence-corrected chi connectivity index (χ2v) is 13.6. The molecule has 3 aromatic carbocycles. The Morgan fingerprint density at radius 3 is 2.44 bits per heavy atom. The molecule has 0 unspecified atom stereocenters. The summed E-state index contributed by atoms with van der Waals surface area (Å²) in [6.45, 7) is 4.25. The van der Waals surface area contributed by atoms with Gasteiger partial charge in [-0.15, -0.1) is 23.1 Å². The number of hydrogen-bond donors (Lipinski definition) is 3. The lowest BCUT2D eigenvalue weighted by molar-refractivity contribution is -0.129. The molecule has 1 aromatic heterocycles. The predicted octanol–water partition coefficient (Wildman–Crippen LogP) is 5.99. The number of methoxy groups -OCH3 is 2. The Morgan fingerprint density at radius 2 is 1.73 bits per heavy atom. The summed E-state index contributed by atoms with van der Waals surface area (Å²) in [5, 5.41) is 8.82. The lowest BCUT2D eigenvalue weighted by Gasteiger charge is -2.25. The van der Waals surface area contributed by atoms with Crippen molar-refractivity contribution in [2.45, 2.75) is 31.7 Å². The van der Waals surface area contributed by atoms with Crippen LogP contribution in [0.25, 0.3) is 6.08 Å². The topological polar surface area (TPSA) is 152 Å². The molecule has 52 heavy (non-hydrogen) atoms. The summed E-state index contributed by atoms with van der Waals surface area (Å²) < 4.78 is 16.1. The number of ether oxygens (including phenoxy) is 3. The number of carbonyl (C=O) groups excluding carboxylic acids is 5. The van der Waals surface area contributed by atoms with Crippen molar-refractivity contribution in [2.24, 2.45) is 0 Å². The average Bonchev–Trinajstić information content (AvgIpc) is 3.51. The molecule has 0 saturated carbocycles. The zero-order chi connectivity index (χ0) is 37.2. The van der Waals surface area contributed by atoms with Crippen molar-refractivity contribution in [1.29, 1.82) is 0 Å². The lowest BCUT2D eigenvalue weighted by Crippen LogP contribution is -2.34. The van der Waals surface area contributed by atoms with Gasteiger partial charge in [-0.05, 0) is 73.5 Å². The van der Waals surface area contributed by atoms with Crippen molar-refractivity contribution in [3.63, 3.8) is 0 Å². The van der Waals surface area contributed by atoms with Crippen LogP contribution in [0, 0.1) is 0 Å². The summed E-state index contributed by atoms with van der Waals surface area (Å²) in [6, 6.07) is 20.6. The van der Waals surface area contributed by atoms with E-state index in [4.69, 9.17) is 14.2 Å². The first kappa shape index (κ1) is 37.7. The molecule has 1 aliphatic heterocycles. The molecule has 0 radical (unpaired) electrons. The van der Waals surface area contributed by atoms with Gasteiger partial charge in [0.05, 0.1) is 38.7 Å². The zero-order valence-electron chi connectivity index (χ0n) is 29.1. The van der Waals surface area contributed by atoms with Crippen molar-refractivity contribution >= 4 is 69.5 Å². The molecule has 0 bridgehead atoms. The summed E-state index contributed by atoms with van der Waals surface area (Å²) in [5.41, 5.74) is 2.39. The summed E-state index contributed by atoms with van der Waals surface area (Å²) >= 11 is 2.51. The van der Waals surface area contributed by atoms with Gasteiger partial charge in [0.2, 0.25) is 11.8 Å². The highest BCUT2D eigenvalue weighted by Crippen LogP contribution is 2.38. The van der Waals surface area contributed by atoms with E-state index in [1.807, 2.05) is 0 Å². The Balaban J connectivity index is 1.30.